The Balaban J connectivity index is 3.30. The number of anilines is 1. The monoisotopic (exact) mass is 699 g/mol. The second-order valence-electron chi connectivity index (χ2n) is 10.1. The van der Waals surface area contributed by atoms with Gasteiger partial charge in [0, 0.05) is 12.5 Å². The van der Waals surface area contributed by atoms with Gasteiger partial charge in [0.25, 0.3) is 0 Å². The molecule has 45 heavy (non-hydrogen) atoms. The number of hydrogen-bond acceptors (Lipinski definition) is 4. The number of alkyl halides is 17. The minimum atomic E-state index is -8.70. The summed E-state index contributed by atoms with van der Waals surface area (Å²) in [7, 11) is 1.16. The quantitative estimate of drug-likeness (QED) is 0.117. The van der Waals surface area contributed by atoms with E-state index < -0.39 is 78.8 Å². The summed E-state index contributed by atoms with van der Waals surface area (Å²) in [6.45, 7) is 2.68. The molecule has 0 fully saturated rings. The largest absolute Gasteiger partial charge is 0.497 e. The van der Waals surface area contributed by atoms with Gasteiger partial charge in [-0.1, -0.05) is 6.07 Å². The van der Waals surface area contributed by atoms with Crippen molar-refractivity contribution in [3.63, 3.8) is 0 Å². The fourth-order valence-electron chi connectivity index (χ4n) is 3.08. The van der Waals surface area contributed by atoms with Gasteiger partial charge in [0.15, 0.2) is 0 Å². The molecule has 0 unspecified atom stereocenters. The third-order valence-electron chi connectivity index (χ3n) is 5.49. The van der Waals surface area contributed by atoms with Crippen molar-refractivity contribution in [2.75, 3.05) is 18.8 Å². The molecule has 0 spiro atoms. The maximum absolute atomic E-state index is 14.2. The number of ether oxygens (including phenoxy) is 2. The Morgan fingerprint density at radius 3 is 1.56 bits per heavy atom. The van der Waals surface area contributed by atoms with Crippen LogP contribution in [-0.2, 0) is 9.57 Å². The Hall–Kier alpha value is -2.94. The van der Waals surface area contributed by atoms with Crippen molar-refractivity contribution in [2.24, 2.45) is 0 Å². The second-order valence-corrected chi connectivity index (χ2v) is 10.1. The number of carbonyl (C=O) groups excluding carboxylic acids is 1. The van der Waals surface area contributed by atoms with E-state index in [4.69, 9.17) is 14.3 Å². The zero-order valence-electron chi connectivity index (χ0n) is 22.9. The molecule has 0 saturated carbocycles. The molecule has 0 aliphatic carbocycles. The Kier molecular flexibility index (Phi) is 11.0. The van der Waals surface area contributed by atoms with E-state index in [2.05, 4.69) is 0 Å². The van der Waals surface area contributed by atoms with Gasteiger partial charge in [-0.2, -0.15) is 79.7 Å². The number of carbonyl (C=O) groups is 1. The molecule has 1 aromatic carbocycles. The van der Waals surface area contributed by atoms with E-state index >= 15 is 0 Å². The van der Waals surface area contributed by atoms with Crippen LogP contribution in [0.3, 0.4) is 0 Å². The van der Waals surface area contributed by atoms with Crippen LogP contribution in [0.25, 0.3) is 0 Å². The SMILES string of the molecule is COc1cccc(N(OCCCC(F)(F)C(F)(F)C(F)(F)C(F)(F)C(F)(F)C(F)(F)C(F)(F)C(F)(F)F)C(=O)OC(C)(C)C)c1. The summed E-state index contributed by atoms with van der Waals surface area (Å²) in [6, 6.07) is 4.78. The van der Waals surface area contributed by atoms with Gasteiger partial charge in [-0.15, -0.1) is 0 Å². The average molecular weight is 699 g/mol. The predicted octanol–water partition coefficient (Wildman–Crippen LogP) is 9.16. The lowest BCUT2D eigenvalue weighted by atomic mass is 9.88. The first-order valence-corrected chi connectivity index (χ1v) is 11.8. The molecular weight excluding hydrogens is 677 g/mol. The molecule has 0 aromatic heterocycles. The first-order chi connectivity index (χ1) is 19.8. The fraction of sp³-hybridized carbons (Fsp3) is 0.696. The molecule has 1 aromatic rings. The van der Waals surface area contributed by atoms with Crippen molar-refractivity contribution in [3.05, 3.63) is 24.3 Å². The van der Waals surface area contributed by atoms with Gasteiger partial charge in [0.2, 0.25) is 0 Å². The Labute approximate surface area is 242 Å². The molecule has 0 bridgehead atoms. The first kappa shape index (κ1) is 40.1. The van der Waals surface area contributed by atoms with Crippen LogP contribution in [0.15, 0.2) is 24.3 Å². The number of rotatable bonds is 13. The molecule has 0 aliphatic heterocycles. The number of amides is 1. The Morgan fingerprint density at radius 1 is 0.689 bits per heavy atom. The van der Waals surface area contributed by atoms with Crippen LogP contribution < -0.4 is 9.80 Å². The number of halogens is 17. The molecule has 5 nitrogen and oxygen atoms in total. The minimum Gasteiger partial charge on any atom is -0.497 e. The van der Waals surface area contributed by atoms with Gasteiger partial charge in [0.05, 0.1) is 19.4 Å². The molecule has 262 valence electrons. The van der Waals surface area contributed by atoms with Gasteiger partial charge in [0.1, 0.15) is 11.4 Å². The highest BCUT2D eigenvalue weighted by atomic mass is 19.4. The van der Waals surface area contributed by atoms with E-state index in [1.54, 1.807) is 0 Å². The lowest BCUT2D eigenvalue weighted by molar-refractivity contribution is -0.461. The van der Waals surface area contributed by atoms with E-state index in [0.717, 1.165) is 19.2 Å². The summed E-state index contributed by atoms with van der Waals surface area (Å²) >= 11 is 0. The summed E-state index contributed by atoms with van der Waals surface area (Å²) in [5.74, 6) is -56.9. The maximum Gasteiger partial charge on any atom is 0.460 e. The minimum absolute atomic E-state index is 0.0503. The highest BCUT2D eigenvalue weighted by molar-refractivity contribution is 5.85. The van der Waals surface area contributed by atoms with Crippen LogP contribution in [-0.4, -0.2) is 73.0 Å². The summed E-state index contributed by atoms with van der Waals surface area (Å²) in [5.41, 5.74) is -1.52. The second kappa shape index (κ2) is 12.3. The lowest BCUT2D eigenvalue weighted by Gasteiger charge is -2.42. The summed E-state index contributed by atoms with van der Waals surface area (Å²) < 4.78 is 238. The molecule has 1 amide bonds. The first-order valence-electron chi connectivity index (χ1n) is 11.8. The molecule has 0 heterocycles. The molecule has 1 rings (SSSR count). The van der Waals surface area contributed by atoms with Crippen LogP contribution in [0.2, 0.25) is 0 Å². The molecule has 0 radical (unpaired) electrons. The summed E-state index contributed by atoms with van der Waals surface area (Å²) in [4.78, 5) is 17.3. The standard InChI is InChI=1S/C23H22F17NO4/c1-15(2,3)45-14(42)41(12-7-5-8-13(11-12)43-4)44-10-6-9-16(24,25)17(26,27)18(28,29)19(30,31)20(32,33)21(34,35)22(36,37)23(38,39)40/h5,7-8,11H,6,9-10H2,1-4H3. The predicted molar refractivity (Wildman–Crippen MR) is 118 cm³/mol. The molecule has 22 heteroatoms. The van der Waals surface area contributed by atoms with E-state index in [-0.39, 0.29) is 16.5 Å². The Bertz CT molecular complexity index is 1180. The Morgan fingerprint density at radius 2 is 1.13 bits per heavy atom. The van der Waals surface area contributed by atoms with Crippen molar-refractivity contribution >= 4 is 11.8 Å². The smallest absolute Gasteiger partial charge is 0.460 e. The van der Waals surface area contributed by atoms with Crippen molar-refractivity contribution < 1.29 is 93.7 Å². The molecule has 0 N–H and O–H groups in total. The number of hydrogen-bond donors (Lipinski definition) is 0. The van der Waals surface area contributed by atoms with Crippen LogP contribution >= 0.6 is 0 Å². The van der Waals surface area contributed by atoms with E-state index in [1.165, 1.54) is 32.9 Å². The van der Waals surface area contributed by atoms with E-state index in [9.17, 15) is 79.4 Å². The van der Waals surface area contributed by atoms with Crippen LogP contribution in [0, 0.1) is 0 Å². The van der Waals surface area contributed by atoms with Gasteiger partial charge >= 0.3 is 53.7 Å². The van der Waals surface area contributed by atoms with Crippen molar-refractivity contribution in [1.29, 1.82) is 0 Å². The maximum atomic E-state index is 14.2. The lowest BCUT2D eigenvalue weighted by Crippen LogP contribution is -2.74. The van der Waals surface area contributed by atoms with Gasteiger partial charge < -0.3 is 9.47 Å². The zero-order valence-corrected chi connectivity index (χ0v) is 22.9. The van der Waals surface area contributed by atoms with Crippen molar-refractivity contribution in [1.82, 2.24) is 0 Å². The number of methoxy groups -OCH3 is 1. The number of hydroxylamine groups is 1. The number of nitrogens with zero attached hydrogens (tertiary/aromatic N) is 1. The van der Waals surface area contributed by atoms with Crippen LogP contribution in [0.5, 0.6) is 5.75 Å². The van der Waals surface area contributed by atoms with Crippen molar-refractivity contribution in [3.8, 4) is 5.75 Å². The van der Waals surface area contributed by atoms with Gasteiger partial charge in [-0.05, 0) is 39.3 Å². The summed E-state index contributed by atoms with van der Waals surface area (Å²) in [6.07, 6.45) is -13.5. The highest BCUT2D eigenvalue weighted by Gasteiger charge is 2.95. The summed E-state index contributed by atoms with van der Waals surface area (Å²) in [5, 5.41) is 0.219. The number of benzene rings is 1. The van der Waals surface area contributed by atoms with Crippen LogP contribution in [0.1, 0.15) is 33.6 Å². The fourth-order valence-corrected chi connectivity index (χ4v) is 3.08. The third-order valence-corrected chi connectivity index (χ3v) is 5.49. The molecule has 0 atom stereocenters. The topological polar surface area (TPSA) is 48.0 Å². The van der Waals surface area contributed by atoms with E-state index in [1.807, 2.05) is 0 Å². The van der Waals surface area contributed by atoms with E-state index in [0.29, 0.717) is 0 Å². The van der Waals surface area contributed by atoms with Crippen molar-refractivity contribution in [2.45, 2.75) is 86.8 Å². The zero-order chi connectivity index (χ0) is 35.9. The third kappa shape index (κ3) is 7.23. The normalized spacial score (nSPS) is 14.8. The van der Waals surface area contributed by atoms with Gasteiger partial charge in [-0.3, -0.25) is 4.84 Å². The van der Waals surface area contributed by atoms with Gasteiger partial charge in [-0.25, -0.2) is 4.79 Å². The molecule has 0 saturated heterocycles. The highest BCUT2D eigenvalue weighted by Crippen LogP contribution is 2.64. The average Bonchev–Trinajstić information content (AvgIpc) is 2.86. The molecular formula is C23H22F17NO4. The molecule has 0 aliphatic rings. The van der Waals surface area contributed by atoms with Crippen LogP contribution in [0.4, 0.5) is 85.1 Å².